The number of nitrogens with one attached hydrogen (secondary N) is 2. The van der Waals surface area contributed by atoms with Crippen LogP contribution in [0.15, 0.2) is 30.3 Å². The third-order valence-electron chi connectivity index (χ3n) is 4.88. The van der Waals surface area contributed by atoms with Crippen LogP contribution in [0.25, 0.3) is 6.08 Å². The van der Waals surface area contributed by atoms with Gasteiger partial charge in [-0.3, -0.25) is 4.79 Å². The van der Waals surface area contributed by atoms with Gasteiger partial charge >= 0.3 is 5.97 Å². The number of allylic oxidation sites excluding steroid dienone is 1. The molecule has 0 fully saturated rings. The second-order valence-corrected chi connectivity index (χ2v) is 7.86. The Balaban J connectivity index is 1.86. The molecule has 1 aliphatic rings. The molecule has 1 aromatic heterocycles. The van der Waals surface area contributed by atoms with Crippen LogP contribution < -0.4 is 5.32 Å². The third-order valence-corrected chi connectivity index (χ3v) is 5.88. The molecule has 3 rings (SSSR count). The molecule has 1 amide bonds. The maximum Gasteiger partial charge on any atom is 0.335 e. The number of aromatic nitrogens is 1. The molecule has 1 heterocycles. The zero-order valence-corrected chi connectivity index (χ0v) is 16.9. The van der Waals surface area contributed by atoms with Gasteiger partial charge < -0.3 is 20.4 Å². The van der Waals surface area contributed by atoms with Crippen molar-refractivity contribution in [3.8, 4) is 0 Å². The molecule has 0 saturated heterocycles. The smallest absolute Gasteiger partial charge is 0.335 e. The lowest BCUT2D eigenvalue weighted by Crippen LogP contribution is -2.31. The molecular formula is C20H18Cl2FN3O3. The molecule has 9 heteroatoms. The van der Waals surface area contributed by atoms with Crippen molar-refractivity contribution in [3.05, 3.63) is 64.2 Å². The quantitative estimate of drug-likeness (QED) is 0.474. The van der Waals surface area contributed by atoms with Gasteiger partial charge in [0.05, 0.1) is 16.5 Å². The van der Waals surface area contributed by atoms with Crippen LogP contribution >= 0.6 is 23.2 Å². The summed E-state index contributed by atoms with van der Waals surface area (Å²) in [5.74, 6) is -2.36. The lowest BCUT2D eigenvalue weighted by atomic mass is 9.94. The molecule has 0 radical (unpaired) electrons. The minimum absolute atomic E-state index is 0.000802. The molecule has 3 N–H and O–H groups in total. The fourth-order valence-corrected chi connectivity index (χ4v) is 3.68. The third kappa shape index (κ3) is 4.06. The highest BCUT2D eigenvalue weighted by atomic mass is 35.5. The Morgan fingerprint density at radius 2 is 2.17 bits per heavy atom. The maximum atomic E-state index is 14.3. The number of amides is 1. The standard InChI is InChI=1S/C20H18Cl2FN3O3/c1-26-16-4-5-20(22,10-21)8-12(16)7-17(26)18(27)25-15(9-24)13-3-2-11(19(28)29)6-14(13)23/h2-7,9,15,24H,8,10H2,1H3,(H,25,27)(H,28,29). The van der Waals surface area contributed by atoms with E-state index in [0.29, 0.717) is 12.1 Å². The van der Waals surface area contributed by atoms with Crippen molar-refractivity contribution in [2.75, 3.05) is 5.88 Å². The van der Waals surface area contributed by atoms with E-state index in [9.17, 15) is 14.0 Å². The second kappa shape index (κ2) is 8.00. The Bertz CT molecular complexity index is 1030. The Labute approximate surface area is 176 Å². The number of alkyl halides is 2. The van der Waals surface area contributed by atoms with Gasteiger partial charge in [0.2, 0.25) is 0 Å². The largest absolute Gasteiger partial charge is 0.478 e. The van der Waals surface area contributed by atoms with Crippen molar-refractivity contribution < 1.29 is 19.1 Å². The first-order chi connectivity index (χ1) is 13.7. The average molecular weight is 438 g/mol. The summed E-state index contributed by atoms with van der Waals surface area (Å²) in [5.41, 5.74) is 1.79. The minimum Gasteiger partial charge on any atom is -0.478 e. The fourth-order valence-electron chi connectivity index (χ4n) is 3.29. The summed E-state index contributed by atoms with van der Waals surface area (Å²) < 4.78 is 16.0. The van der Waals surface area contributed by atoms with E-state index in [1.165, 1.54) is 12.1 Å². The van der Waals surface area contributed by atoms with Gasteiger partial charge in [-0.25, -0.2) is 9.18 Å². The van der Waals surface area contributed by atoms with Crippen LogP contribution in [0.1, 0.15) is 43.7 Å². The van der Waals surface area contributed by atoms with Gasteiger partial charge in [-0.05, 0) is 36.3 Å². The maximum absolute atomic E-state index is 14.3. The molecule has 2 aromatic rings. The number of hydrogen-bond donors (Lipinski definition) is 3. The van der Waals surface area contributed by atoms with E-state index in [-0.39, 0.29) is 17.0 Å². The van der Waals surface area contributed by atoms with Gasteiger partial charge in [0.25, 0.3) is 5.91 Å². The molecule has 2 atom stereocenters. The predicted octanol–water partition coefficient (Wildman–Crippen LogP) is 3.77. The normalized spacial score (nSPS) is 18.8. The Hall–Kier alpha value is -2.64. The van der Waals surface area contributed by atoms with Crippen LogP contribution in [-0.4, -0.2) is 38.5 Å². The number of carbonyl (C=O) groups is 2. The molecule has 29 heavy (non-hydrogen) atoms. The molecule has 2 unspecified atom stereocenters. The number of carboxylic acid groups (broad SMARTS) is 1. The number of carbonyl (C=O) groups excluding carboxylic acids is 1. The number of aromatic carboxylic acids is 1. The molecule has 0 saturated carbocycles. The highest BCUT2D eigenvalue weighted by molar-refractivity contribution is 6.32. The number of carboxylic acids is 1. The van der Waals surface area contributed by atoms with Crippen molar-refractivity contribution in [2.45, 2.75) is 17.3 Å². The first-order valence-corrected chi connectivity index (χ1v) is 9.57. The number of hydrogen-bond acceptors (Lipinski definition) is 3. The topological polar surface area (TPSA) is 95.2 Å². The summed E-state index contributed by atoms with van der Waals surface area (Å²) in [6.07, 6.45) is 4.95. The molecule has 0 spiro atoms. The van der Waals surface area contributed by atoms with Gasteiger partial charge in [0.1, 0.15) is 11.5 Å². The molecule has 0 bridgehead atoms. The van der Waals surface area contributed by atoms with Crippen molar-refractivity contribution in [1.82, 2.24) is 9.88 Å². The number of benzene rings is 1. The highest BCUT2D eigenvalue weighted by Crippen LogP contribution is 2.33. The van der Waals surface area contributed by atoms with Crippen LogP contribution in [0.3, 0.4) is 0 Å². The summed E-state index contributed by atoms with van der Waals surface area (Å²) in [4.78, 5) is 23.1. The van der Waals surface area contributed by atoms with Crippen LogP contribution in [0.2, 0.25) is 0 Å². The Morgan fingerprint density at radius 1 is 1.45 bits per heavy atom. The first-order valence-electron chi connectivity index (χ1n) is 8.66. The van der Waals surface area contributed by atoms with Gasteiger partial charge in [0.15, 0.2) is 0 Å². The highest BCUT2D eigenvalue weighted by Gasteiger charge is 2.31. The van der Waals surface area contributed by atoms with Gasteiger partial charge in [-0.15, -0.1) is 23.2 Å². The van der Waals surface area contributed by atoms with Gasteiger partial charge in [-0.2, -0.15) is 0 Å². The fraction of sp³-hybridized carbons (Fsp3) is 0.250. The second-order valence-electron chi connectivity index (χ2n) is 6.84. The zero-order chi connectivity index (χ0) is 21.3. The summed E-state index contributed by atoms with van der Waals surface area (Å²) in [5, 5.41) is 19.1. The Kier molecular flexibility index (Phi) is 5.82. The van der Waals surface area contributed by atoms with Crippen LogP contribution in [0, 0.1) is 11.2 Å². The van der Waals surface area contributed by atoms with Crippen LogP contribution in [-0.2, 0) is 13.5 Å². The summed E-state index contributed by atoms with van der Waals surface area (Å²) in [6, 6.07) is 3.97. The van der Waals surface area contributed by atoms with Crippen LogP contribution in [0.5, 0.6) is 0 Å². The first kappa shape index (κ1) is 21.1. The summed E-state index contributed by atoms with van der Waals surface area (Å²) in [6.45, 7) is 0. The monoisotopic (exact) mass is 437 g/mol. The molecule has 152 valence electrons. The molecule has 1 aromatic carbocycles. The number of fused-ring (bicyclic) bond motifs is 1. The zero-order valence-electron chi connectivity index (χ0n) is 15.4. The van der Waals surface area contributed by atoms with Crippen molar-refractivity contribution in [3.63, 3.8) is 0 Å². The van der Waals surface area contributed by atoms with Gasteiger partial charge in [0, 0.05) is 30.4 Å². The minimum atomic E-state index is -1.26. The van der Waals surface area contributed by atoms with E-state index >= 15 is 0 Å². The lowest BCUT2D eigenvalue weighted by molar-refractivity contribution is 0.0695. The number of rotatable bonds is 6. The van der Waals surface area contributed by atoms with E-state index in [1.54, 1.807) is 23.8 Å². The Morgan fingerprint density at radius 3 is 2.76 bits per heavy atom. The number of halogens is 3. The van der Waals surface area contributed by atoms with Crippen molar-refractivity contribution in [2.24, 2.45) is 7.05 Å². The lowest BCUT2D eigenvalue weighted by Gasteiger charge is -2.24. The van der Waals surface area contributed by atoms with E-state index in [4.69, 9.17) is 33.7 Å². The molecule has 6 nitrogen and oxygen atoms in total. The van der Waals surface area contributed by atoms with Gasteiger partial charge in [-0.1, -0.05) is 12.1 Å². The van der Waals surface area contributed by atoms with Crippen molar-refractivity contribution >= 4 is 47.4 Å². The van der Waals surface area contributed by atoms with E-state index in [1.807, 2.05) is 6.08 Å². The van der Waals surface area contributed by atoms with E-state index in [2.05, 4.69) is 5.32 Å². The SMILES string of the molecule is Cn1c(C(=O)NC(C=N)c2ccc(C(=O)O)cc2F)cc2c1C=CC(Cl)(CCl)C2. The molecule has 1 aliphatic carbocycles. The predicted molar refractivity (Wildman–Crippen MR) is 110 cm³/mol. The molecule has 0 aliphatic heterocycles. The number of nitrogens with zero attached hydrogens (tertiary/aromatic N) is 1. The molecular weight excluding hydrogens is 420 g/mol. The summed E-state index contributed by atoms with van der Waals surface area (Å²) >= 11 is 12.4. The average Bonchev–Trinajstić information content (AvgIpc) is 3.01. The van der Waals surface area contributed by atoms with Crippen molar-refractivity contribution in [1.29, 1.82) is 5.41 Å². The van der Waals surface area contributed by atoms with Crippen LogP contribution in [0.4, 0.5) is 4.39 Å². The van der Waals surface area contributed by atoms with E-state index < -0.39 is 28.6 Å². The van der Waals surface area contributed by atoms with E-state index in [0.717, 1.165) is 23.5 Å². The summed E-state index contributed by atoms with van der Waals surface area (Å²) in [7, 11) is 1.72.